The first-order valence-electron chi connectivity index (χ1n) is 7.05. The van der Waals surface area contributed by atoms with Crippen LogP contribution in [0.3, 0.4) is 0 Å². The van der Waals surface area contributed by atoms with Crippen molar-refractivity contribution in [2.24, 2.45) is 0 Å². The summed E-state index contributed by atoms with van der Waals surface area (Å²) in [6.45, 7) is 6.12. The summed E-state index contributed by atoms with van der Waals surface area (Å²) in [6, 6.07) is 1.99. The second kappa shape index (κ2) is 6.72. The first kappa shape index (κ1) is 15.5. The lowest BCUT2D eigenvalue weighted by Gasteiger charge is -2.10. The van der Waals surface area contributed by atoms with Crippen molar-refractivity contribution in [1.82, 2.24) is 10.3 Å². The Kier molecular flexibility index (Phi) is 4.96. The highest BCUT2D eigenvalue weighted by Crippen LogP contribution is 2.14. The molecule has 2 aromatic heterocycles. The van der Waals surface area contributed by atoms with Crippen LogP contribution in [0.1, 0.15) is 46.1 Å². The first-order chi connectivity index (χ1) is 10.0. The van der Waals surface area contributed by atoms with Gasteiger partial charge in [0.1, 0.15) is 0 Å². The molecule has 1 amide bonds. The average Bonchev–Trinajstić information content (AvgIpc) is 2.84. The summed E-state index contributed by atoms with van der Waals surface area (Å²) in [5, 5.41) is 6.62. The number of carbonyl (C=O) groups excluding carboxylic acids is 1. The highest BCUT2D eigenvalue weighted by atomic mass is 32.1. The lowest BCUT2D eigenvalue weighted by molar-refractivity contribution is 0.0950. The van der Waals surface area contributed by atoms with Crippen LogP contribution in [0.15, 0.2) is 21.6 Å². The van der Waals surface area contributed by atoms with Crippen molar-refractivity contribution < 1.29 is 4.79 Å². The molecular formula is C16H20N2O2S. The quantitative estimate of drug-likeness (QED) is 0.892. The van der Waals surface area contributed by atoms with Crippen molar-refractivity contribution in [2.45, 2.75) is 40.2 Å². The van der Waals surface area contributed by atoms with Gasteiger partial charge in [0.05, 0.1) is 5.56 Å². The van der Waals surface area contributed by atoms with Crippen LogP contribution in [-0.2, 0) is 13.0 Å². The maximum absolute atomic E-state index is 12.1. The normalized spacial score (nSPS) is 10.6. The van der Waals surface area contributed by atoms with Gasteiger partial charge in [0.15, 0.2) is 0 Å². The van der Waals surface area contributed by atoms with E-state index in [0.717, 1.165) is 29.7 Å². The summed E-state index contributed by atoms with van der Waals surface area (Å²) in [4.78, 5) is 27.0. The minimum absolute atomic E-state index is 0.110. The predicted molar refractivity (Wildman–Crippen MR) is 86.0 cm³/mol. The van der Waals surface area contributed by atoms with Gasteiger partial charge in [0.25, 0.3) is 11.5 Å². The van der Waals surface area contributed by atoms with Crippen molar-refractivity contribution in [1.29, 1.82) is 0 Å². The standard InChI is InChI=1S/C16H20N2O2S/c1-4-5-12-6-11(3)18-16(20)13(12)7-17-15(19)14-9-21-8-10(14)2/h6,8-9H,4-5,7H2,1-3H3,(H,17,19)(H,18,20). The van der Waals surface area contributed by atoms with Crippen LogP contribution in [0.25, 0.3) is 0 Å². The van der Waals surface area contributed by atoms with E-state index in [4.69, 9.17) is 0 Å². The number of hydrogen-bond donors (Lipinski definition) is 2. The van der Waals surface area contributed by atoms with Gasteiger partial charge in [-0.25, -0.2) is 0 Å². The Hall–Kier alpha value is -1.88. The molecule has 0 aliphatic rings. The highest BCUT2D eigenvalue weighted by molar-refractivity contribution is 7.08. The molecule has 2 aromatic rings. The van der Waals surface area contributed by atoms with Crippen LogP contribution in [-0.4, -0.2) is 10.9 Å². The number of thiophene rings is 1. The van der Waals surface area contributed by atoms with Crippen molar-refractivity contribution in [3.8, 4) is 0 Å². The van der Waals surface area contributed by atoms with Crippen molar-refractivity contribution >= 4 is 17.2 Å². The number of amides is 1. The maximum atomic E-state index is 12.1. The molecule has 0 fully saturated rings. The van der Waals surface area contributed by atoms with Crippen LogP contribution in [0.5, 0.6) is 0 Å². The number of aryl methyl sites for hydroxylation is 3. The molecular weight excluding hydrogens is 284 g/mol. The molecule has 0 aliphatic carbocycles. The lowest BCUT2D eigenvalue weighted by atomic mass is 10.0. The van der Waals surface area contributed by atoms with Crippen LogP contribution in [0.2, 0.25) is 0 Å². The second-order valence-corrected chi connectivity index (χ2v) is 5.93. The number of hydrogen-bond acceptors (Lipinski definition) is 3. The fourth-order valence-corrected chi connectivity index (χ4v) is 3.16. The molecule has 2 rings (SSSR count). The summed E-state index contributed by atoms with van der Waals surface area (Å²) in [7, 11) is 0. The predicted octanol–water partition coefficient (Wildman–Crippen LogP) is 2.94. The van der Waals surface area contributed by atoms with E-state index >= 15 is 0 Å². The topological polar surface area (TPSA) is 62.0 Å². The van der Waals surface area contributed by atoms with Gasteiger partial charge in [0.2, 0.25) is 0 Å². The van der Waals surface area contributed by atoms with E-state index in [-0.39, 0.29) is 18.0 Å². The van der Waals surface area contributed by atoms with Crippen molar-refractivity contribution in [2.75, 3.05) is 0 Å². The zero-order valence-electron chi connectivity index (χ0n) is 12.6. The molecule has 4 nitrogen and oxygen atoms in total. The minimum atomic E-state index is -0.129. The molecule has 0 saturated carbocycles. The Morgan fingerprint density at radius 1 is 1.33 bits per heavy atom. The monoisotopic (exact) mass is 304 g/mol. The number of aromatic nitrogens is 1. The van der Waals surface area contributed by atoms with Gasteiger partial charge >= 0.3 is 0 Å². The highest BCUT2D eigenvalue weighted by Gasteiger charge is 2.12. The molecule has 112 valence electrons. The van der Waals surface area contributed by atoms with Crippen molar-refractivity contribution in [3.05, 3.63) is 55.1 Å². The fraction of sp³-hybridized carbons (Fsp3) is 0.375. The molecule has 2 N–H and O–H groups in total. The number of nitrogens with one attached hydrogen (secondary N) is 2. The number of H-pyrrole nitrogens is 1. The Bertz CT molecular complexity index is 701. The molecule has 0 unspecified atom stereocenters. The van der Waals surface area contributed by atoms with Crippen molar-refractivity contribution in [3.63, 3.8) is 0 Å². The molecule has 0 spiro atoms. The number of rotatable bonds is 5. The van der Waals surface area contributed by atoms with Crippen LogP contribution in [0.4, 0.5) is 0 Å². The van der Waals surface area contributed by atoms with E-state index < -0.39 is 0 Å². The van der Waals surface area contributed by atoms with Gasteiger partial charge in [-0.05, 0) is 42.8 Å². The van der Waals surface area contributed by atoms with Crippen LogP contribution >= 0.6 is 11.3 Å². The van der Waals surface area contributed by atoms with E-state index in [1.807, 2.05) is 30.7 Å². The van der Waals surface area contributed by atoms with Gasteiger partial charge < -0.3 is 10.3 Å². The largest absolute Gasteiger partial charge is 0.348 e. The summed E-state index contributed by atoms with van der Waals surface area (Å²) >= 11 is 1.50. The summed E-state index contributed by atoms with van der Waals surface area (Å²) in [5.74, 6) is -0.129. The second-order valence-electron chi connectivity index (χ2n) is 5.19. The third-order valence-corrected chi connectivity index (χ3v) is 4.27. The first-order valence-corrected chi connectivity index (χ1v) is 7.99. The molecule has 0 bridgehead atoms. The fourth-order valence-electron chi connectivity index (χ4n) is 2.33. The molecule has 0 atom stereocenters. The third-order valence-electron chi connectivity index (χ3n) is 3.41. The molecule has 5 heteroatoms. The van der Waals surface area contributed by atoms with E-state index in [2.05, 4.69) is 17.2 Å². The minimum Gasteiger partial charge on any atom is -0.348 e. The smallest absolute Gasteiger partial charge is 0.253 e. The SMILES string of the molecule is CCCc1cc(C)[nH]c(=O)c1CNC(=O)c1cscc1C. The molecule has 21 heavy (non-hydrogen) atoms. The Labute approximate surface area is 128 Å². The van der Waals surface area contributed by atoms with Gasteiger partial charge in [-0.2, -0.15) is 11.3 Å². The van der Waals surface area contributed by atoms with Gasteiger partial charge in [-0.15, -0.1) is 0 Å². The summed E-state index contributed by atoms with van der Waals surface area (Å²) in [5.41, 5.74) is 4.06. The molecule has 0 radical (unpaired) electrons. The van der Waals surface area contributed by atoms with Crippen LogP contribution in [0, 0.1) is 13.8 Å². The third kappa shape index (κ3) is 3.61. The molecule has 2 heterocycles. The molecule has 0 aromatic carbocycles. The molecule has 0 saturated heterocycles. The number of carbonyl (C=O) groups is 1. The molecule has 0 aliphatic heterocycles. The average molecular weight is 304 g/mol. The Morgan fingerprint density at radius 3 is 2.71 bits per heavy atom. The summed E-state index contributed by atoms with van der Waals surface area (Å²) < 4.78 is 0. The number of aromatic amines is 1. The lowest BCUT2D eigenvalue weighted by Crippen LogP contribution is -2.28. The van der Waals surface area contributed by atoms with Gasteiger partial charge in [-0.1, -0.05) is 13.3 Å². The van der Waals surface area contributed by atoms with Gasteiger partial charge in [-0.3, -0.25) is 9.59 Å². The summed E-state index contributed by atoms with van der Waals surface area (Å²) in [6.07, 6.45) is 1.81. The Balaban J connectivity index is 2.18. The zero-order valence-corrected chi connectivity index (χ0v) is 13.4. The van der Waals surface area contributed by atoms with E-state index in [1.165, 1.54) is 11.3 Å². The van der Waals surface area contributed by atoms with Crippen LogP contribution < -0.4 is 10.9 Å². The van der Waals surface area contributed by atoms with E-state index in [0.29, 0.717) is 11.1 Å². The van der Waals surface area contributed by atoms with Gasteiger partial charge in [0, 0.05) is 23.2 Å². The zero-order chi connectivity index (χ0) is 15.4. The Morgan fingerprint density at radius 2 is 2.10 bits per heavy atom. The number of pyridine rings is 1. The maximum Gasteiger partial charge on any atom is 0.253 e. The van der Waals surface area contributed by atoms with E-state index in [9.17, 15) is 9.59 Å². The van der Waals surface area contributed by atoms with E-state index in [1.54, 1.807) is 0 Å².